The van der Waals surface area contributed by atoms with Crippen molar-refractivity contribution in [2.24, 2.45) is 0 Å². The van der Waals surface area contributed by atoms with Crippen molar-refractivity contribution in [1.29, 1.82) is 0 Å². The molecule has 4 nitrogen and oxygen atoms in total. The van der Waals surface area contributed by atoms with E-state index in [1.807, 2.05) is 0 Å². The maximum absolute atomic E-state index is 13.9. The van der Waals surface area contributed by atoms with Crippen molar-refractivity contribution in [3.05, 3.63) is 58.4 Å². The van der Waals surface area contributed by atoms with Gasteiger partial charge in [-0.15, -0.1) is 0 Å². The Morgan fingerprint density at radius 1 is 1.07 bits per heavy atom. The first-order valence-electron chi connectivity index (χ1n) is 8.34. The predicted molar refractivity (Wildman–Crippen MR) is 101 cm³/mol. The number of benzene rings is 2. The lowest BCUT2D eigenvalue weighted by molar-refractivity contribution is 0.333. The molecule has 4 rings (SSSR count). The molecule has 0 amide bonds. The molecule has 0 N–H and O–H groups in total. The molecule has 1 fully saturated rings. The van der Waals surface area contributed by atoms with Crippen molar-refractivity contribution in [3.8, 4) is 0 Å². The van der Waals surface area contributed by atoms with Gasteiger partial charge in [0.2, 0.25) is 18.9 Å². The van der Waals surface area contributed by atoms with Crippen molar-refractivity contribution >= 4 is 41.2 Å². The standard InChI is InChI=1S/C18H15Cl2FO4S2/c19-11-3-6-16-15(8-11)18(7-1-2-13(10-18)27(20,24)25)14-5-4-12(21)9-17(14)26(16,22)23/h3-6,8-9,13H,1-2,7,10H2. The first-order chi connectivity index (χ1) is 12.6. The highest BCUT2D eigenvalue weighted by Gasteiger charge is 2.50. The molecule has 1 aliphatic heterocycles. The Kier molecular flexibility index (Phi) is 4.39. The number of rotatable bonds is 1. The van der Waals surface area contributed by atoms with Crippen LogP contribution < -0.4 is 0 Å². The summed E-state index contributed by atoms with van der Waals surface area (Å²) < 4.78 is 64.2. The zero-order chi connectivity index (χ0) is 19.6. The molecule has 2 atom stereocenters. The van der Waals surface area contributed by atoms with Gasteiger partial charge in [-0.2, -0.15) is 0 Å². The molecule has 9 heteroatoms. The summed E-state index contributed by atoms with van der Waals surface area (Å²) in [5, 5.41) is -0.469. The first kappa shape index (κ1) is 19.2. The van der Waals surface area contributed by atoms with E-state index in [-0.39, 0.29) is 16.2 Å². The molecule has 1 aliphatic carbocycles. The summed E-state index contributed by atoms with van der Waals surface area (Å²) >= 11 is 6.15. The second-order valence-corrected chi connectivity index (χ2v) is 12.3. The molecule has 2 aromatic carbocycles. The van der Waals surface area contributed by atoms with E-state index in [0.717, 1.165) is 6.07 Å². The molecule has 2 aliphatic rings. The molecule has 1 heterocycles. The van der Waals surface area contributed by atoms with E-state index in [1.54, 1.807) is 6.07 Å². The average Bonchev–Trinajstić information content (AvgIpc) is 2.59. The van der Waals surface area contributed by atoms with Crippen LogP contribution in [0, 0.1) is 5.82 Å². The van der Waals surface area contributed by atoms with Crippen LogP contribution in [0.2, 0.25) is 5.02 Å². The van der Waals surface area contributed by atoms with Gasteiger partial charge in [0.25, 0.3) is 0 Å². The summed E-state index contributed by atoms with van der Waals surface area (Å²) in [4.78, 5) is -0.0810. The smallest absolute Gasteiger partial charge is 0.218 e. The second-order valence-electron chi connectivity index (χ2n) is 7.06. The summed E-state index contributed by atoms with van der Waals surface area (Å²) in [6.45, 7) is 0. The molecule has 1 saturated carbocycles. The largest absolute Gasteiger partial charge is 0.235 e. The normalized spacial score (nSPS) is 26.4. The van der Waals surface area contributed by atoms with Crippen molar-refractivity contribution < 1.29 is 21.2 Å². The number of hydrogen-bond acceptors (Lipinski definition) is 4. The molecular formula is C18H15Cl2FO4S2. The molecule has 2 unspecified atom stereocenters. The highest BCUT2D eigenvalue weighted by molar-refractivity contribution is 8.14. The van der Waals surface area contributed by atoms with Crippen LogP contribution in [-0.2, 0) is 24.3 Å². The highest BCUT2D eigenvalue weighted by atomic mass is 35.7. The zero-order valence-electron chi connectivity index (χ0n) is 14.0. The topological polar surface area (TPSA) is 68.3 Å². The summed E-state index contributed by atoms with van der Waals surface area (Å²) in [7, 11) is -2.14. The lowest BCUT2D eigenvalue weighted by atomic mass is 9.65. The quantitative estimate of drug-likeness (QED) is 0.605. The lowest BCUT2D eigenvalue weighted by Crippen LogP contribution is -2.42. The number of hydrogen-bond donors (Lipinski definition) is 0. The number of halogens is 3. The van der Waals surface area contributed by atoms with E-state index >= 15 is 0 Å². The van der Waals surface area contributed by atoms with Crippen LogP contribution in [0.15, 0.2) is 46.2 Å². The van der Waals surface area contributed by atoms with E-state index in [2.05, 4.69) is 0 Å². The Labute approximate surface area is 166 Å². The van der Waals surface area contributed by atoms with Crippen LogP contribution in [0.25, 0.3) is 0 Å². The third-order valence-electron chi connectivity index (χ3n) is 5.60. The van der Waals surface area contributed by atoms with Crippen LogP contribution in [0.5, 0.6) is 0 Å². The summed E-state index contributed by atoms with van der Waals surface area (Å²) in [5.41, 5.74) is -0.0396. The maximum atomic E-state index is 13.9. The number of sulfone groups is 1. The van der Waals surface area contributed by atoms with Crippen LogP contribution in [0.1, 0.15) is 36.8 Å². The van der Waals surface area contributed by atoms with E-state index in [1.165, 1.54) is 24.3 Å². The highest BCUT2D eigenvalue weighted by Crippen LogP contribution is 2.54. The van der Waals surface area contributed by atoms with E-state index in [0.29, 0.717) is 35.4 Å². The monoisotopic (exact) mass is 448 g/mol. The third kappa shape index (κ3) is 2.90. The molecule has 0 bridgehead atoms. The minimum atomic E-state index is -3.95. The molecular weight excluding hydrogens is 434 g/mol. The van der Waals surface area contributed by atoms with Gasteiger partial charge in [-0.05, 0) is 60.7 Å². The molecule has 1 spiro atoms. The Morgan fingerprint density at radius 3 is 2.52 bits per heavy atom. The second kappa shape index (κ2) is 6.17. The van der Waals surface area contributed by atoms with Crippen LogP contribution >= 0.6 is 22.3 Å². The van der Waals surface area contributed by atoms with E-state index in [9.17, 15) is 21.2 Å². The molecule has 0 radical (unpaired) electrons. The lowest BCUT2D eigenvalue weighted by Gasteiger charge is -2.45. The van der Waals surface area contributed by atoms with Gasteiger partial charge in [0.05, 0.1) is 15.0 Å². The summed E-state index contributed by atoms with van der Waals surface area (Å²) in [6, 6.07) is 8.09. The summed E-state index contributed by atoms with van der Waals surface area (Å²) in [6.07, 6.45) is 1.59. The van der Waals surface area contributed by atoms with Crippen LogP contribution in [-0.4, -0.2) is 22.1 Å². The average molecular weight is 449 g/mol. The fraction of sp³-hybridized carbons (Fsp3) is 0.333. The Morgan fingerprint density at radius 2 is 1.81 bits per heavy atom. The van der Waals surface area contributed by atoms with E-state index < -0.39 is 35.4 Å². The molecule has 2 aromatic rings. The van der Waals surface area contributed by atoms with Gasteiger partial charge in [-0.25, -0.2) is 21.2 Å². The van der Waals surface area contributed by atoms with Crippen molar-refractivity contribution in [3.63, 3.8) is 0 Å². The first-order valence-corrected chi connectivity index (χ1v) is 12.6. The van der Waals surface area contributed by atoms with Gasteiger partial charge in [0.1, 0.15) is 5.82 Å². The SMILES string of the molecule is O=S1(=O)c2ccc(Cl)cc2C2(CCCC(S(=O)(=O)Cl)C2)c2ccc(F)cc21. The fourth-order valence-electron chi connectivity index (χ4n) is 4.44. The Balaban J connectivity index is 2.08. The van der Waals surface area contributed by atoms with Gasteiger partial charge >= 0.3 is 0 Å². The predicted octanol–water partition coefficient (Wildman–Crippen LogP) is 4.42. The fourth-order valence-corrected chi connectivity index (χ4v) is 7.85. The molecule has 144 valence electrons. The molecule has 0 aromatic heterocycles. The van der Waals surface area contributed by atoms with Gasteiger partial charge in [-0.1, -0.05) is 24.1 Å². The van der Waals surface area contributed by atoms with Gasteiger partial charge in [0, 0.05) is 21.1 Å². The Bertz CT molecular complexity index is 1160. The van der Waals surface area contributed by atoms with Gasteiger partial charge < -0.3 is 0 Å². The van der Waals surface area contributed by atoms with Gasteiger partial charge in [-0.3, -0.25) is 0 Å². The molecule has 0 saturated heterocycles. The van der Waals surface area contributed by atoms with Gasteiger partial charge in [0.15, 0.2) is 0 Å². The van der Waals surface area contributed by atoms with Crippen molar-refractivity contribution in [1.82, 2.24) is 0 Å². The number of fused-ring (bicyclic) bond motifs is 4. The molecule has 27 heavy (non-hydrogen) atoms. The minimum Gasteiger partial charge on any atom is -0.218 e. The van der Waals surface area contributed by atoms with Crippen LogP contribution in [0.3, 0.4) is 0 Å². The van der Waals surface area contributed by atoms with E-state index in [4.69, 9.17) is 22.3 Å². The summed E-state index contributed by atoms with van der Waals surface area (Å²) in [5.74, 6) is -0.665. The third-order valence-corrected chi connectivity index (χ3v) is 9.64. The Hall–Kier alpha value is -1.15. The van der Waals surface area contributed by atoms with Crippen molar-refractivity contribution in [2.45, 2.75) is 46.1 Å². The minimum absolute atomic E-state index is 0.0395. The van der Waals surface area contributed by atoms with Crippen LogP contribution in [0.4, 0.5) is 4.39 Å². The van der Waals surface area contributed by atoms with Crippen molar-refractivity contribution in [2.75, 3.05) is 0 Å². The zero-order valence-corrected chi connectivity index (χ0v) is 17.1. The maximum Gasteiger partial charge on any atom is 0.235 e.